The van der Waals surface area contributed by atoms with E-state index in [1.807, 2.05) is 49.2 Å². The molecule has 0 unspecified atom stereocenters. The highest BCUT2D eigenvalue weighted by Crippen LogP contribution is 2.36. The molecule has 1 aromatic heterocycles. The van der Waals surface area contributed by atoms with E-state index in [0.717, 1.165) is 21.1 Å². The Labute approximate surface area is 129 Å². The second-order valence-electron chi connectivity index (χ2n) is 5.79. The van der Waals surface area contributed by atoms with Crippen LogP contribution in [0.25, 0.3) is 10.6 Å². The van der Waals surface area contributed by atoms with Crippen molar-refractivity contribution in [3.05, 3.63) is 40.9 Å². The number of aromatic nitrogens is 1. The number of rotatable bonds is 4. The van der Waals surface area contributed by atoms with Gasteiger partial charge >= 0.3 is 0 Å². The SMILES string of the molecule is Cc1nc(-c2ccccc2)sc1C(=O)N(C)[C@H](C)C1CC1. The van der Waals surface area contributed by atoms with Gasteiger partial charge in [0.25, 0.3) is 5.91 Å². The van der Waals surface area contributed by atoms with Crippen LogP contribution in [0.1, 0.15) is 35.1 Å². The molecule has 1 aliphatic rings. The Bertz CT molecular complexity index is 646. The third-order valence-electron chi connectivity index (χ3n) is 4.25. The maximum Gasteiger partial charge on any atom is 0.265 e. The molecule has 110 valence electrons. The quantitative estimate of drug-likeness (QED) is 0.855. The van der Waals surface area contributed by atoms with Crippen LogP contribution in [0, 0.1) is 12.8 Å². The van der Waals surface area contributed by atoms with E-state index >= 15 is 0 Å². The highest BCUT2D eigenvalue weighted by Gasteiger charge is 2.33. The number of benzene rings is 1. The van der Waals surface area contributed by atoms with Gasteiger partial charge in [0.2, 0.25) is 0 Å². The van der Waals surface area contributed by atoms with Crippen molar-refractivity contribution in [2.24, 2.45) is 5.92 Å². The predicted octanol–water partition coefficient (Wildman–Crippen LogP) is 3.99. The molecule has 0 aliphatic heterocycles. The fraction of sp³-hybridized carbons (Fsp3) is 0.412. The van der Waals surface area contributed by atoms with Crippen molar-refractivity contribution in [2.75, 3.05) is 7.05 Å². The maximum atomic E-state index is 12.7. The zero-order valence-corrected chi connectivity index (χ0v) is 13.5. The first-order valence-electron chi connectivity index (χ1n) is 7.38. The molecule has 0 spiro atoms. The summed E-state index contributed by atoms with van der Waals surface area (Å²) in [6.45, 7) is 4.07. The molecule has 21 heavy (non-hydrogen) atoms. The minimum Gasteiger partial charge on any atom is -0.338 e. The third kappa shape index (κ3) is 2.86. The number of carbonyl (C=O) groups excluding carboxylic acids is 1. The van der Waals surface area contributed by atoms with E-state index in [9.17, 15) is 4.79 Å². The largest absolute Gasteiger partial charge is 0.338 e. The number of nitrogens with zero attached hydrogens (tertiary/aromatic N) is 2. The first-order chi connectivity index (χ1) is 10.1. The van der Waals surface area contributed by atoms with Gasteiger partial charge in [0.05, 0.1) is 5.69 Å². The van der Waals surface area contributed by atoms with E-state index in [4.69, 9.17) is 0 Å². The fourth-order valence-electron chi connectivity index (χ4n) is 2.54. The summed E-state index contributed by atoms with van der Waals surface area (Å²) in [4.78, 5) is 19.9. The minimum absolute atomic E-state index is 0.103. The van der Waals surface area contributed by atoms with Gasteiger partial charge in [-0.05, 0) is 32.6 Å². The second-order valence-corrected chi connectivity index (χ2v) is 6.79. The van der Waals surface area contributed by atoms with E-state index < -0.39 is 0 Å². The van der Waals surface area contributed by atoms with Gasteiger partial charge in [-0.2, -0.15) is 0 Å². The molecule has 2 aromatic rings. The normalized spacial score (nSPS) is 15.8. The topological polar surface area (TPSA) is 33.2 Å². The fourth-order valence-corrected chi connectivity index (χ4v) is 3.59. The predicted molar refractivity (Wildman–Crippen MR) is 86.6 cm³/mol. The lowest BCUT2D eigenvalue weighted by Gasteiger charge is -2.24. The Morgan fingerprint density at radius 1 is 1.33 bits per heavy atom. The molecule has 0 N–H and O–H groups in total. The first kappa shape index (κ1) is 14.3. The molecule has 3 rings (SSSR count). The van der Waals surface area contributed by atoms with Crippen LogP contribution in [0.3, 0.4) is 0 Å². The highest BCUT2D eigenvalue weighted by molar-refractivity contribution is 7.17. The summed E-state index contributed by atoms with van der Waals surface area (Å²) in [6, 6.07) is 10.4. The molecule has 0 saturated heterocycles. The van der Waals surface area contributed by atoms with Crippen LogP contribution in [0.15, 0.2) is 30.3 Å². The molecule has 1 aliphatic carbocycles. The Morgan fingerprint density at radius 3 is 2.62 bits per heavy atom. The summed E-state index contributed by atoms with van der Waals surface area (Å²) < 4.78 is 0. The van der Waals surface area contributed by atoms with Gasteiger partial charge in [0, 0.05) is 18.7 Å². The Hall–Kier alpha value is -1.68. The zero-order chi connectivity index (χ0) is 15.0. The lowest BCUT2D eigenvalue weighted by atomic mass is 10.2. The van der Waals surface area contributed by atoms with Crippen molar-refractivity contribution in [3.63, 3.8) is 0 Å². The van der Waals surface area contributed by atoms with E-state index in [1.54, 1.807) is 0 Å². The van der Waals surface area contributed by atoms with Crippen molar-refractivity contribution < 1.29 is 4.79 Å². The van der Waals surface area contributed by atoms with E-state index in [1.165, 1.54) is 24.2 Å². The highest BCUT2D eigenvalue weighted by atomic mass is 32.1. The monoisotopic (exact) mass is 300 g/mol. The lowest BCUT2D eigenvalue weighted by Crippen LogP contribution is -2.36. The average Bonchev–Trinajstić information content (AvgIpc) is 3.28. The van der Waals surface area contributed by atoms with E-state index in [2.05, 4.69) is 11.9 Å². The summed E-state index contributed by atoms with van der Waals surface area (Å²) in [5.74, 6) is 0.785. The Morgan fingerprint density at radius 2 is 2.00 bits per heavy atom. The Kier molecular flexibility index (Phi) is 3.81. The molecule has 1 saturated carbocycles. The van der Waals surface area contributed by atoms with Crippen molar-refractivity contribution >= 4 is 17.2 Å². The molecular weight excluding hydrogens is 280 g/mol. The molecule has 4 heteroatoms. The number of thiazole rings is 1. The molecule has 3 nitrogen and oxygen atoms in total. The number of hydrogen-bond acceptors (Lipinski definition) is 3. The van der Waals surface area contributed by atoms with Crippen LogP contribution >= 0.6 is 11.3 Å². The third-order valence-corrected chi connectivity index (χ3v) is 5.44. The van der Waals surface area contributed by atoms with Crippen LogP contribution in [0.2, 0.25) is 0 Å². The molecular formula is C17H20N2OS. The van der Waals surface area contributed by atoms with Gasteiger partial charge in [-0.1, -0.05) is 30.3 Å². The first-order valence-corrected chi connectivity index (χ1v) is 8.19. The van der Waals surface area contributed by atoms with Gasteiger partial charge in [-0.15, -0.1) is 11.3 Å². The van der Waals surface area contributed by atoms with Crippen LogP contribution in [0.5, 0.6) is 0 Å². The summed E-state index contributed by atoms with van der Waals surface area (Å²) >= 11 is 1.50. The molecule has 0 bridgehead atoms. The summed E-state index contributed by atoms with van der Waals surface area (Å²) in [7, 11) is 1.91. The van der Waals surface area contributed by atoms with Crippen molar-refractivity contribution in [2.45, 2.75) is 32.7 Å². The van der Waals surface area contributed by atoms with Gasteiger partial charge in [-0.3, -0.25) is 4.79 Å². The molecule has 1 aromatic carbocycles. The lowest BCUT2D eigenvalue weighted by molar-refractivity contribution is 0.0731. The van der Waals surface area contributed by atoms with Gasteiger partial charge in [0.1, 0.15) is 9.88 Å². The van der Waals surface area contributed by atoms with E-state index in [0.29, 0.717) is 12.0 Å². The van der Waals surface area contributed by atoms with Crippen LogP contribution in [-0.2, 0) is 0 Å². The Balaban J connectivity index is 1.85. The standard InChI is InChI=1S/C17H20N2OS/c1-11-15(17(20)19(3)12(2)13-9-10-13)21-16(18-11)14-7-5-4-6-8-14/h4-8,12-13H,9-10H2,1-3H3/t12-/m1/s1. The summed E-state index contributed by atoms with van der Waals surface area (Å²) in [5, 5.41) is 0.920. The van der Waals surface area contributed by atoms with Gasteiger partial charge in [-0.25, -0.2) is 4.98 Å². The number of carbonyl (C=O) groups is 1. The van der Waals surface area contributed by atoms with Crippen LogP contribution < -0.4 is 0 Å². The van der Waals surface area contributed by atoms with Crippen molar-refractivity contribution in [1.29, 1.82) is 0 Å². The van der Waals surface area contributed by atoms with Crippen LogP contribution in [-0.4, -0.2) is 28.9 Å². The van der Waals surface area contributed by atoms with Crippen molar-refractivity contribution in [1.82, 2.24) is 9.88 Å². The van der Waals surface area contributed by atoms with Gasteiger partial charge in [0.15, 0.2) is 0 Å². The summed E-state index contributed by atoms with van der Waals surface area (Å²) in [6.07, 6.45) is 2.49. The summed E-state index contributed by atoms with van der Waals surface area (Å²) in [5.41, 5.74) is 1.90. The zero-order valence-electron chi connectivity index (χ0n) is 12.7. The molecule has 1 heterocycles. The van der Waals surface area contributed by atoms with Gasteiger partial charge < -0.3 is 4.90 Å². The number of amides is 1. The number of aryl methyl sites for hydroxylation is 1. The molecule has 0 radical (unpaired) electrons. The van der Waals surface area contributed by atoms with Crippen LogP contribution in [0.4, 0.5) is 0 Å². The smallest absolute Gasteiger partial charge is 0.265 e. The molecule has 1 fully saturated rings. The molecule has 1 atom stereocenters. The maximum absolute atomic E-state index is 12.7. The second kappa shape index (κ2) is 5.60. The minimum atomic E-state index is 0.103. The van der Waals surface area contributed by atoms with Crippen molar-refractivity contribution in [3.8, 4) is 10.6 Å². The average molecular weight is 300 g/mol. The van der Waals surface area contributed by atoms with E-state index in [-0.39, 0.29) is 5.91 Å². The molecule has 1 amide bonds. The number of hydrogen-bond donors (Lipinski definition) is 0.